The van der Waals surface area contributed by atoms with Crippen LogP contribution in [0.4, 0.5) is 0 Å². The third-order valence-corrected chi connectivity index (χ3v) is 5.50. The molecule has 2 N–H and O–H groups in total. The Hall–Kier alpha value is -0.570. The van der Waals surface area contributed by atoms with Crippen LogP contribution in [-0.4, -0.2) is 23.2 Å². The highest BCUT2D eigenvalue weighted by atomic mass is 16.4. The number of rotatable bonds is 3. The third-order valence-electron chi connectivity index (χ3n) is 5.50. The van der Waals surface area contributed by atoms with Crippen LogP contribution in [0.15, 0.2) is 0 Å². The maximum absolute atomic E-state index is 11.0. The highest BCUT2D eigenvalue weighted by Gasteiger charge is 2.32. The van der Waals surface area contributed by atoms with Gasteiger partial charge in [-0.15, -0.1) is 0 Å². The molecule has 2 rings (SSSR count). The lowest BCUT2D eigenvalue weighted by Gasteiger charge is -2.39. The van der Waals surface area contributed by atoms with Crippen LogP contribution in [0.25, 0.3) is 0 Å². The van der Waals surface area contributed by atoms with Gasteiger partial charge in [-0.1, -0.05) is 20.8 Å². The molecule has 0 aromatic heterocycles. The van der Waals surface area contributed by atoms with E-state index in [1.807, 2.05) is 0 Å². The molecule has 0 heterocycles. The van der Waals surface area contributed by atoms with Crippen molar-refractivity contribution in [3.05, 3.63) is 0 Å². The van der Waals surface area contributed by atoms with Gasteiger partial charge in [0, 0.05) is 12.1 Å². The van der Waals surface area contributed by atoms with Crippen molar-refractivity contribution in [3.8, 4) is 0 Å². The number of aliphatic carboxylic acids is 1. The van der Waals surface area contributed by atoms with Gasteiger partial charge in [-0.05, 0) is 62.7 Å². The minimum Gasteiger partial charge on any atom is -0.481 e. The molecular weight excluding hydrogens is 250 g/mol. The first-order valence-electron chi connectivity index (χ1n) is 8.35. The SMILES string of the molecule is CC(C)(C)C1CCC(NC2CCC(C(=O)O)CC2)CC1. The number of hydrogen-bond acceptors (Lipinski definition) is 2. The molecule has 2 aliphatic carbocycles. The second kappa shape index (κ2) is 6.46. The largest absolute Gasteiger partial charge is 0.481 e. The molecule has 0 aromatic carbocycles. The van der Waals surface area contributed by atoms with Gasteiger partial charge in [0.15, 0.2) is 0 Å². The summed E-state index contributed by atoms with van der Waals surface area (Å²) in [5.41, 5.74) is 0.449. The van der Waals surface area contributed by atoms with Crippen LogP contribution >= 0.6 is 0 Å². The molecule has 2 saturated carbocycles. The fraction of sp³-hybridized carbons (Fsp3) is 0.941. The molecule has 0 aliphatic heterocycles. The van der Waals surface area contributed by atoms with Crippen molar-refractivity contribution in [3.63, 3.8) is 0 Å². The predicted molar refractivity (Wildman–Crippen MR) is 81.7 cm³/mol. The fourth-order valence-corrected chi connectivity index (χ4v) is 3.97. The van der Waals surface area contributed by atoms with E-state index in [0.717, 1.165) is 31.6 Å². The van der Waals surface area contributed by atoms with Gasteiger partial charge in [0.2, 0.25) is 0 Å². The van der Waals surface area contributed by atoms with Crippen LogP contribution in [-0.2, 0) is 4.79 Å². The van der Waals surface area contributed by atoms with Gasteiger partial charge in [0.25, 0.3) is 0 Å². The standard InChI is InChI=1S/C17H31NO2/c1-17(2,3)13-6-10-15(11-7-13)18-14-8-4-12(5-9-14)16(19)20/h12-15,18H,4-11H2,1-3H3,(H,19,20). The van der Waals surface area contributed by atoms with Crippen molar-refractivity contribution in [1.82, 2.24) is 5.32 Å². The Kier molecular flexibility index (Phi) is 5.11. The lowest BCUT2D eigenvalue weighted by atomic mass is 9.71. The molecule has 0 bridgehead atoms. The summed E-state index contributed by atoms with van der Waals surface area (Å²) in [7, 11) is 0. The topological polar surface area (TPSA) is 49.3 Å². The van der Waals surface area contributed by atoms with E-state index in [4.69, 9.17) is 5.11 Å². The Morgan fingerprint density at radius 3 is 1.75 bits per heavy atom. The van der Waals surface area contributed by atoms with Crippen LogP contribution < -0.4 is 5.32 Å². The van der Waals surface area contributed by atoms with Crippen molar-refractivity contribution in [2.24, 2.45) is 17.3 Å². The van der Waals surface area contributed by atoms with Crippen molar-refractivity contribution in [2.75, 3.05) is 0 Å². The zero-order valence-electron chi connectivity index (χ0n) is 13.3. The van der Waals surface area contributed by atoms with E-state index in [9.17, 15) is 4.79 Å². The molecule has 3 nitrogen and oxygen atoms in total. The molecule has 0 amide bonds. The number of nitrogens with one attached hydrogen (secondary N) is 1. The first kappa shape index (κ1) is 15.8. The summed E-state index contributed by atoms with van der Waals surface area (Å²) >= 11 is 0. The molecule has 116 valence electrons. The minimum absolute atomic E-state index is 0.0929. The van der Waals surface area contributed by atoms with Gasteiger partial charge in [-0.2, -0.15) is 0 Å². The Balaban J connectivity index is 1.70. The van der Waals surface area contributed by atoms with Crippen LogP contribution in [0, 0.1) is 17.3 Å². The molecule has 0 atom stereocenters. The average molecular weight is 281 g/mol. The monoisotopic (exact) mass is 281 g/mol. The summed E-state index contributed by atoms with van der Waals surface area (Å²) < 4.78 is 0. The van der Waals surface area contributed by atoms with Crippen molar-refractivity contribution < 1.29 is 9.90 Å². The minimum atomic E-state index is -0.603. The van der Waals surface area contributed by atoms with Crippen molar-refractivity contribution >= 4 is 5.97 Å². The molecule has 0 spiro atoms. The number of carboxylic acid groups (broad SMARTS) is 1. The molecule has 20 heavy (non-hydrogen) atoms. The second-order valence-corrected chi connectivity index (χ2v) is 7.97. The molecule has 0 unspecified atom stereocenters. The van der Waals surface area contributed by atoms with E-state index in [1.165, 1.54) is 25.7 Å². The van der Waals surface area contributed by atoms with Gasteiger partial charge in [0.1, 0.15) is 0 Å². The Morgan fingerprint density at radius 1 is 0.900 bits per heavy atom. The molecule has 2 aliphatic rings. The van der Waals surface area contributed by atoms with E-state index in [1.54, 1.807) is 0 Å². The van der Waals surface area contributed by atoms with Gasteiger partial charge >= 0.3 is 5.97 Å². The van der Waals surface area contributed by atoms with Crippen LogP contribution in [0.3, 0.4) is 0 Å². The van der Waals surface area contributed by atoms with Crippen LogP contribution in [0.2, 0.25) is 0 Å². The van der Waals surface area contributed by atoms with Crippen LogP contribution in [0.1, 0.15) is 72.1 Å². The zero-order chi connectivity index (χ0) is 14.8. The van der Waals surface area contributed by atoms with Gasteiger partial charge in [-0.3, -0.25) is 4.79 Å². The summed E-state index contributed by atoms with van der Waals surface area (Å²) in [5, 5.41) is 12.8. The summed E-state index contributed by atoms with van der Waals surface area (Å²) in [6.45, 7) is 7.08. The summed E-state index contributed by atoms with van der Waals surface area (Å²) in [6.07, 6.45) is 9.04. The molecule has 0 radical (unpaired) electrons. The maximum Gasteiger partial charge on any atom is 0.306 e. The normalized spacial score (nSPS) is 35.8. The van der Waals surface area contributed by atoms with Crippen molar-refractivity contribution in [2.45, 2.75) is 84.2 Å². The zero-order valence-corrected chi connectivity index (χ0v) is 13.3. The summed E-state index contributed by atoms with van der Waals surface area (Å²) in [5.74, 6) is 0.169. The predicted octanol–water partition coefficient (Wildman–Crippen LogP) is 3.82. The van der Waals surface area contributed by atoms with Gasteiger partial charge in [0.05, 0.1) is 5.92 Å². The number of carbonyl (C=O) groups is 1. The van der Waals surface area contributed by atoms with Gasteiger partial charge in [-0.25, -0.2) is 0 Å². The highest BCUT2D eigenvalue weighted by Crippen LogP contribution is 2.38. The van der Waals surface area contributed by atoms with E-state index in [-0.39, 0.29) is 5.92 Å². The smallest absolute Gasteiger partial charge is 0.306 e. The molecule has 3 heteroatoms. The lowest BCUT2D eigenvalue weighted by molar-refractivity contribution is -0.142. The van der Waals surface area contributed by atoms with E-state index >= 15 is 0 Å². The van der Waals surface area contributed by atoms with E-state index in [2.05, 4.69) is 26.1 Å². The highest BCUT2D eigenvalue weighted by molar-refractivity contribution is 5.70. The Bertz CT molecular complexity index is 318. The number of hydrogen-bond donors (Lipinski definition) is 2. The summed E-state index contributed by atoms with van der Waals surface area (Å²) in [4.78, 5) is 11.0. The Morgan fingerprint density at radius 2 is 1.35 bits per heavy atom. The quantitative estimate of drug-likeness (QED) is 0.826. The molecule has 2 fully saturated rings. The lowest BCUT2D eigenvalue weighted by Crippen LogP contribution is -2.43. The van der Waals surface area contributed by atoms with E-state index in [0.29, 0.717) is 17.5 Å². The number of carboxylic acids is 1. The third kappa shape index (κ3) is 4.21. The Labute approximate surface area is 123 Å². The molecule has 0 aromatic rings. The average Bonchev–Trinajstić information content (AvgIpc) is 2.39. The first-order chi connectivity index (χ1) is 9.36. The summed E-state index contributed by atoms with van der Waals surface area (Å²) in [6, 6.07) is 1.22. The molecule has 0 saturated heterocycles. The first-order valence-corrected chi connectivity index (χ1v) is 8.35. The maximum atomic E-state index is 11.0. The second-order valence-electron chi connectivity index (χ2n) is 7.97. The van der Waals surface area contributed by atoms with E-state index < -0.39 is 5.97 Å². The van der Waals surface area contributed by atoms with Gasteiger partial charge < -0.3 is 10.4 Å². The fourth-order valence-electron chi connectivity index (χ4n) is 3.97. The molecular formula is C17H31NO2. The van der Waals surface area contributed by atoms with Crippen molar-refractivity contribution in [1.29, 1.82) is 0 Å². The van der Waals surface area contributed by atoms with Crippen LogP contribution in [0.5, 0.6) is 0 Å².